The lowest BCUT2D eigenvalue weighted by molar-refractivity contribution is -0.127. The van der Waals surface area contributed by atoms with E-state index >= 15 is 0 Å². The van der Waals surface area contributed by atoms with Crippen LogP contribution in [-0.2, 0) is 4.79 Å². The molecule has 0 aliphatic heterocycles. The zero-order valence-corrected chi connectivity index (χ0v) is 12.6. The van der Waals surface area contributed by atoms with Crippen molar-refractivity contribution in [3.63, 3.8) is 0 Å². The Kier molecular flexibility index (Phi) is 5.23. The number of likely N-dealkylation sites (N-methyl/N-ethyl adjacent to an activating group) is 2. The number of nitrogens with two attached hydrogens (primary N) is 1. The van der Waals surface area contributed by atoms with Gasteiger partial charge in [0.1, 0.15) is 10.8 Å². The van der Waals surface area contributed by atoms with Crippen LogP contribution in [0.5, 0.6) is 0 Å². The highest BCUT2D eigenvalue weighted by Crippen LogP contribution is 2.18. The van der Waals surface area contributed by atoms with Crippen LogP contribution >= 0.6 is 12.2 Å². The van der Waals surface area contributed by atoms with Gasteiger partial charge in [0, 0.05) is 26.3 Å². The molecule has 0 spiro atoms. The van der Waals surface area contributed by atoms with Gasteiger partial charge in [-0.1, -0.05) is 12.2 Å². The molecule has 1 aromatic heterocycles. The van der Waals surface area contributed by atoms with E-state index in [9.17, 15) is 4.79 Å². The minimum absolute atomic E-state index is 0.0130. The van der Waals surface area contributed by atoms with Crippen LogP contribution in [0.2, 0.25) is 0 Å². The summed E-state index contributed by atoms with van der Waals surface area (Å²) < 4.78 is 0. The molecule has 0 bridgehead atoms. The molecule has 0 fully saturated rings. The number of hydrogen-bond donors (Lipinski definition) is 1. The molecule has 5 nitrogen and oxygen atoms in total. The maximum atomic E-state index is 11.8. The molecule has 1 heterocycles. The summed E-state index contributed by atoms with van der Waals surface area (Å²) in [5, 5.41) is 0. The van der Waals surface area contributed by atoms with Crippen molar-refractivity contribution >= 4 is 28.9 Å². The molecule has 1 amide bonds. The van der Waals surface area contributed by atoms with Crippen molar-refractivity contribution < 1.29 is 4.79 Å². The molecule has 0 aliphatic carbocycles. The molecular weight excluding hydrogens is 260 g/mol. The van der Waals surface area contributed by atoms with Gasteiger partial charge in [-0.15, -0.1) is 0 Å². The Morgan fingerprint density at radius 3 is 2.53 bits per heavy atom. The number of hydrogen-bond acceptors (Lipinski definition) is 4. The topological polar surface area (TPSA) is 62.5 Å². The first-order valence-electron chi connectivity index (χ1n) is 6.09. The Labute approximate surface area is 119 Å². The van der Waals surface area contributed by atoms with E-state index in [1.807, 2.05) is 30.9 Å². The van der Waals surface area contributed by atoms with Gasteiger partial charge in [-0.25, -0.2) is 4.98 Å². The summed E-state index contributed by atoms with van der Waals surface area (Å²) in [6.45, 7) is 4.78. The highest BCUT2D eigenvalue weighted by atomic mass is 32.1. The van der Waals surface area contributed by atoms with Crippen molar-refractivity contribution in [3.8, 4) is 0 Å². The van der Waals surface area contributed by atoms with Crippen molar-refractivity contribution in [1.29, 1.82) is 0 Å². The summed E-state index contributed by atoms with van der Waals surface area (Å²) in [6.07, 6.45) is 0. The SMILES string of the molecule is CCN(CC(=O)N(C)C)c1nc(C)ccc1C(N)=S. The summed E-state index contributed by atoms with van der Waals surface area (Å²) in [5.74, 6) is 0.684. The van der Waals surface area contributed by atoms with Crippen LogP contribution in [-0.4, -0.2) is 48.0 Å². The molecule has 2 N–H and O–H groups in total. The van der Waals surface area contributed by atoms with Crippen molar-refractivity contribution in [2.75, 3.05) is 32.1 Å². The summed E-state index contributed by atoms with van der Waals surface area (Å²) in [6, 6.07) is 3.71. The van der Waals surface area contributed by atoms with E-state index in [4.69, 9.17) is 18.0 Å². The number of nitrogens with zero attached hydrogens (tertiary/aromatic N) is 3. The quantitative estimate of drug-likeness (QED) is 0.813. The summed E-state index contributed by atoms with van der Waals surface area (Å²) in [4.78, 5) is 20.0. The van der Waals surface area contributed by atoms with Crippen LogP contribution in [0.3, 0.4) is 0 Å². The average molecular weight is 280 g/mol. The van der Waals surface area contributed by atoms with Crippen molar-refractivity contribution in [2.45, 2.75) is 13.8 Å². The molecule has 1 aromatic rings. The predicted molar refractivity (Wildman–Crippen MR) is 81.4 cm³/mol. The number of aryl methyl sites for hydroxylation is 1. The zero-order valence-electron chi connectivity index (χ0n) is 11.8. The van der Waals surface area contributed by atoms with E-state index in [0.717, 1.165) is 5.69 Å². The predicted octanol–water partition coefficient (Wildman–Crippen LogP) is 0.939. The van der Waals surface area contributed by atoms with Gasteiger partial charge in [0.2, 0.25) is 5.91 Å². The van der Waals surface area contributed by atoms with E-state index in [0.29, 0.717) is 22.9 Å². The molecule has 0 saturated carbocycles. The summed E-state index contributed by atoms with van der Waals surface area (Å²) >= 11 is 5.04. The maximum absolute atomic E-state index is 11.8. The van der Waals surface area contributed by atoms with Gasteiger partial charge in [-0.3, -0.25) is 4.79 Å². The Morgan fingerprint density at radius 2 is 2.05 bits per heavy atom. The number of pyridine rings is 1. The minimum atomic E-state index is 0.0130. The Morgan fingerprint density at radius 1 is 1.42 bits per heavy atom. The third-order valence-electron chi connectivity index (χ3n) is 2.79. The van der Waals surface area contributed by atoms with Crippen LogP contribution in [0.15, 0.2) is 12.1 Å². The van der Waals surface area contributed by atoms with Crippen LogP contribution in [0.25, 0.3) is 0 Å². The van der Waals surface area contributed by atoms with E-state index in [-0.39, 0.29) is 12.5 Å². The molecule has 0 aliphatic rings. The Balaban J connectivity index is 3.13. The molecule has 0 aromatic carbocycles. The molecule has 0 saturated heterocycles. The van der Waals surface area contributed by atoms with E-state index in [1.165, 1.54) is 0 Å². The number of aromatic nitrogens is 1. The fourth-order valence-electron chi connectivity index (χ4n) is 1.62. The number of carbonyl (C=O) groups excluding carboxylic acids is 1. The van der Waals surface area contributed by atoms with Gasteiger partial charge >= 0.3 is 0 Å². The van der Waals surface area contributed by atoms with Gasteiger partial charge in [0.15, 0.2) is 0 Å². The third kappa shape index (κ3) is 3.89. The normalized spacial score (nSPS) is 10.1. The van der Waals surface area contributed by atoms with Crippen molar-refractivity contribution in [2.24, 2.45) is 5.73 Å². The van der Waals surface area contributed by atoms with E-state index < -0.39 is 0 Å². The molecule has 104 valence electrons. The van der Waals surface area contributed by atoms with E-state index in [2.05, 4.69) is 4.98 Å². The molecular formula is C13H20N4OS. The lowest BCUT2D eigenvalue weighted by Gasteiger charge is -2.25. The summed E-state index contributed by atoms with van der Waals surface area (Å²) in [5.41, 5.74) is 7.29. The molecule has 19 heavy (non-hydrogen) atoms. The zero-order chi connectivity index (χ0) is 14.6. The Bertz CT molecular complexity index is 488. The number of anilines is 1. The van der Waals surface area contributed by atoms with Gasteiger partial charge in [-0.2, -0.15) is 0 Å². The van der Waals surface area contributed by atoms with Crippen LogP contribution in [0.1, 0.15) is 18.2 Å². The smallest absolute Gasteiger partial charge is 0.241 e. The number of rotatable bonds is 5. The minimum Gasteiger partial charge on any atom is -0.389 e. The number of carbonyl (C=O) groups is 1. The Hall–Kier alpha value is -1.69. The first kappa shape index (κ1) is 15.4. The van der Waals surface area contributed by atoms with Crippen LogP contribution < -0.4 is 10.6 Å². The number of thiocarbonyl (C=S) groups is 1. The standard InChI is InChI=1S/C13H20N4OS/c1-5-17(8-11(18)16(3)4)13-10(12(14)19)7-6-9(2)15-13/h6-7H,5,8H2,1-4H3,(H2,14,19). The summed E-state index contributed by atoms with van der Waals surface area (Å²) in [7, 11) is 3.46. The van der Waals surface area contributed by atoms with Gasteiger partial charge in [0.05, 0.1) is 12.1 Å². The second-order valence-corrected chi connectivity index (χ2v) is 4.93. The first-order chi connectivity index (χ1) is 8.86. The fraction of sp³-hybridized carbons (Fsp3) is 0.462. The van der Waals surface area contributed by atoms with Gasteiger partial charge in [0.25, 0.3) is 0 Å². The maximum Gasteiger partial charge on any atom is 0.241 e. The molecule has 0 atom stereocenters. The second-order valence-electron chi connectivity index (χ2n) is 4.49. The highest BCUT2D eigenvalue weighted by Gasteiger charge is 2.17. The van der Waals surface area contributed by atoms with Gasteiger partial charge < -0.3 is 15.5 Å². The number of amides is 1. The fourth-order valence-corrected chi connectivity index (χ4v) is 1.78. The van der Waals surface area contributed by atoms with Gasteiger partial charge in [-0.05, 0) is 26.0 Å². The highest BCUT2D eigenvalue weighted by molar-refractivity contribution is 7.80. The van der Waals surface area contributed by atoms with E-state index in [1.54, 1.807) is 19.0 Å². The lowest BCUT2D eigenvalue weighted by Crippen LogP contribution is -2.38. The molecule has 0 unspecified atom stereocenters. The first-order valence-corrected chi connectivity index (χ1v) is 6.50. The van der Waals surface area contributed by atoms with Crippen LogP contribution in [0, 0.1) is 6.92 Å². The second kappa shape index (κ2) is 6.47. The third-order valence-corrected chi connectivity index (χ3v) is 3.01. The molecule has 1 rings (SSSR count). The van der Waals surface area contributed by atoms with Crippen molar-refractivity contribution in [1.82, 2.24) is 9.88 Å². The van der Waals surface area contributed by atoms with Crippen molar-refractivity contribution in [3.05, 3.63) is 23.4 Å². The molecule has 6 heteroatoms. The van der Waals surface area contributed by atoms with Crippen LogP contribution in [0.4, 0.5) is 5.82 Å². The molecule has 0 radical (unpaired) electrons. The average Bonchev–Trinajstić information content (AvgIpc) is 2.34. The largest absolute Gasteiger partial charge is 0.389 e. The lowest BCUT2D eigenvalue weighted by atomic mass is 10.2. The monoisotopic (exact) mass is 280 g/mol.